The zero-order chi connectivity index (χ0) is 13.2. The predicted molar refractivity (Wildman–Crippen MR) is 69.2 cm³/mol. The van der Waals surface area contributed by atoms with Gasteiger partial charge in [-0.2, -0.15) is 19.5 Å². The van der Waals surface area contributed by atoms with Gasteiger partial charge in [0.1, 0.15) is 5.82 Å². The lowest BCUT2D eigenvalue weighted by molar-refractivity contribution is 0.577. The molecule has 0 atom stereocenters. The van der Waals surface area contributed by atoms with Gasteiger partial charge in [0.05, 0.1) is 6.26 Å². The lowest BCUT2D eigenvalue weighted by atomic mass is 10.3. The molecule has 0 bridgehead atoms. The van der Waals surface area contributed by atoms with Crippen molar-refractivity contribution in [2.45, 2.75) is 12.8 Å². The third kappa shape index (κ3) is 2.05. The third-order valence-electron chi connectivity index (χ3n) is 2.59. The molecule has 0 saturated heterocycles. The summed E-state index contributed by atoms with van der Waals surface area (Å²) in [4.78, 5) is 12.8. The number of nitrogens with zero attached hydrogens (tertiary/aromatic N) is 5. The average molecular weight is 256 g/mol. The van der Waals surface area contributed by atoms with Gasteiger partial charge in [-0.3, -0.25) is 0 Å². The fraction of sp³-hybridized carbons (Fsp3) is 0.167. The monoisotopic (exact) mass is 256 g/mol. The highest BCUT2D eigenvalue weighted by atomic mass is 16.3. The molecule has 3 heterocycles. The van der Waals surface area contributed by atoms with Crippen LogP contribution in [-0.2, 0) is 6.42 Å². The second-order valence-electron chi connectivity index (χ2n) is 3.95. The molecule has 0 aliphatic rings. The summed E-state index contributed by atoms with van der Waals surface area (Å²) in [5.41, 5.74) is 5.85. The molecule has 0 fully saturated rings. The molecule has 7 heteroatoms. The number of furan rings is 1. The maximum Gasteiger partial charge on any atom is 0.257 e. The first kappa shape index (κ1) is 11.4. The van der Waals surface area contributed by atoms with Crippen LogP contribution in [0.1, 0.15) is 12.2 Å². The fourth-order valence-corrected chi connectivity index (χ4v) is 1.70. The summed E-state index contributed by atoms with van der Waals surface area (Å²) < 4.78 is 6.64. The van der Waals surface area contributed by atoms with Crippen molar-refractivity contribution >= 4 is 11.7 Å². The zero-order valence-corrected chi connectivity index (χ0v) is 10.2. The third-order valence-corrected chi connectivity index (χ3v) is 2.59. The quantitative estimate of drug-likeness (QED) is 0.710. The molecule has 0 radical (unpaired) electrons. The molecule has 0 unspecified atom stereocenters. The summed E-state index contributed by atoms with van der Waals surface area (Å²) in [7, 11) is 0. The summed E-state index contributed by atoms with van der Waals surface area (Å²) in [5, 5.41) is 4.22. The minimum absolute atomic E-state index is 0.259. The van der Waals surface area contributed by atoms with Gasteiger partial charge in [0.2, 0.25) is 11.8 Å². The van der Waals surface area contributed by atoms with E-state index >= 15 is 0 Å². The van der Waals surface area contributed by atoms with Gasteiger partial charge in [-0.05, 0) is 18.6 Å². The number of fused-ring (bicyclic) bond motifs is 1. The molecule has 3 rings (SSSR count). The molecular weight excluding hydrogens is 244 g/mol. The molecule has 7 nitrogen and oxygen atoms in total. The van der Waals surface area contributed by atoms with Gasteiger partial charge in [-0.25, -0.2) is 0 Å². The van der Waals surface area contributed by atoms with Crippen LogP contribution in [0.5, 0.6) is 0 Å². The van der Waals surface area contributed by atoms with E-state index in [1.807, 2.05) is 6.08 Å². The number of nitrogen functional groups attached to an aromatic ring is 1. The van der Waals surface area contributed by atoms with E-state index < -0.39 is 0 Å². The van der Waals surface area contributed by atoms with Crippen LogP contribution in [0.25, 0.3) is 17.4 Å². The van der Waals surface area contributed by atoms with Gasteiger partial charge >= 0.3 is 0 Å². The summed E-state index contributed by atoms with van der Waals surface area (Å²) in [5.74, 6) is 2.31. The van der Waals surface area contributed by atoms with Crippen LogP contribution >= 0.6 is 0 Å². The summed E-state index contributed by atoms with van der Waals surface area (Å²) in [6.07, 6.45) is 4.83. The van der Waals surface area contributed by atoms with E-state index in [4.69, 9.17) is 10.2 Å². The minimum atomic E-state index is 0.259. The molecule has 0 aliphatic carbocycles. The Morgan fingerprint density at radius 3 is 3.00 bits per heavy atom. The highest BCUT2D eigenvalue weighted by Gasteiger charge is 2.13. The molecule has 3 aromatic heterocycles. The number of hydrogen-bond acceptors (Lipinski definition) is 6. The van der Waals surface area contributed by atoms with Crippen molar-refractivity contribution in [3.8, 4) is 11.6 Å². The highest BCUT2D eigenvalue weighted by Crippen LogP contribution is 2.16. The largest absolute Gasteiger partial charge is 0.461 e. The Bertz CT molecular complexity index is 715. The van der Waals surface area contributed by atoms with E-state index in [0.717, 1.165) is 6.42 Å². The molecule has 3 aromatic rings. The molecule has 96 valence electrons. The van der Waals surface area contributed by atoms with Crippen LogP contribution in [0.4, 0.5) is 5.95 Å². The molecule has 0 aromatic carbocycles. The minimum Gasteiger partial charge on any atom is -0.461 e. The van der Waals surface area contributed by atoms with E-state index in [0.29, 0.717) is 29.6 Å². The van der Waals surface area contributed by atoms with Crippen LogP contribution in [0, 0.1) is 0 Å². The standard InChI is InChI=1S/C12H12N6O/c1-2-3-6-9-14-11(13)18-12(15-9)16-10(17-18)8-5-4-7-19-8/h2,4-5,7H,1,3,6H2,(H2,13,14,15,16,17). The van der Waals surface area contributed by atoms with E-state index in [9.17, 15) is 0 Å². The Labute approximate surface area is 108 Å². The smallest absolute Gasteiger partial charge is 0.257 e. The van der Waals surface area contributed by atoms with Crippen molar-refractivity contribution in [2.24, 2.45) is 0 Å². The van der Waals surface area contributed by atoms with Crippen molar-refractivity contribution in [1.29, 1.82) is 0 Å². The van der Waals surface area contributed by atoms with Crippen molar-refractivity contribution < 1.29 is 4.42 Å². The van der Waals surface area contributed by atoms with Crippen LogP contribution < -0.4 is 5.73 Å². The molecule has 0 spiro atoms. The van der Waals surface area contributed by atoms with Crippen molar-refractivity contribution in [1.82, 2.24) is 24.6 Å². The molecular formula is C12H12N6O. The van der Waals surface area contributed by atoms with E-state index in [1.165, 1.54) is 4.52 Å². The first-order valence-electron chi connectivity index (χ1n) is 5.82. The zero-order valence-electron chi connectivity index (χ0n) is 10.2. The lowest BCUT2D eigenvalue weighted by Crippen LogP contribution is -2.07. The summed E-state index contributed by atoms with van der Waals surface area (Å²) in [6, 6.07) is 3.54. The fourth-order valence-electron chi connectivity index (χ4n) is 1.70. The lowest BCUT2D eigenvalue weighted by Gasteiger charge is -1.99. The molecule has 19 heavy (non-hydrogen) atoms. The molecule has 0 aliphatic heterocycles. The summed E-state index contributed by atoms with van der Waals surface area (Å²) >= 11 is 0. The van der Waals surface area contributed by atoms with Crippen LogP contribution in [0.2, 0.25) is 0 Å². The van der Waals surface area contributed by atoms with Gasteiger partial charge in [0.15, 0.2) is 5.76 Å². The second kappa shape index (κ2) is 4.52. The number of aromatic nitrogens is 5. The number of anilines is 1. The number of aryl methyl sites for hydroxylation is 1. The van der Waals surface area contributed by atoms with Gasteiger partial charge < -0.3 is 10.2 Å². The number of allylic oxidation sites excluding steroid dienone is 1. The van der Waals surface area contributed by atoms with Gasteiger partial charge in [-0.1, -0.05) is 6.08 Å². The maximum absolute atomic E-state index is 5.85. The Morgan fingerprint density at radius 2 is 2.26 bits per heavy atom. The number of nitrogens with two attached hydrogens (primary N) is 1. The van der Waals surface area contributed by atoms with Crippen molar-refractivity contribution in [3.63, 3.8) is 0 Å². The van der Waals surface area contributed by atoms with E-state index in [1.54, 1.807) is 18.4 Å². The number of hydrogen-bond donors (Lipinski definition) is 1. The van der Waals surface area contributed by atoms with Gasteiger partial charge in [0.25, 0.3) is 5.78 Å². The van der Waals surface area contributed by atoms with Crippen LogP contribution in [0.15, 0.2) is 35.5 Å². The van der Waals surface area contributed by atoms with Crippen LogP contribution in [0.3, 0.4) is 0 Å². The van der Waals surface area contributed by atoms with Crippen molar-refractivity contribution in [3.05, 3.63) is 36.9 Å². The first-order valence-corrected chi connectivity index (χ1v) is 5.82. The Balaban J connectivity index is 2.07. The van der Waals surface area contributed by atoms with Crippen LogP contribution in [-0.4, -0.2) is 24.6 Å². The summed E-state index contributed by atoms with van der Waals surface area (Å²) in [6.45, 7) is 3.67. The van der Waals surface area contributed by atoms with Gasteiger partial charge in [0, 0.05) is 6.42 Å². The maximum atomic E-state index is 5.85. The topological polar surface area (TPSA) is 95.1 Å². The van der Waals surface area contributed by atoms with Gasteiger partial charge in [-0.15, -0.1) is 11.7 Å². The number of rotatable bonds is 4. The highest BCUT2D eigenvalue weighted by molar-refractivity contribution is 5.50. The SMILES string of the molecule is C=CCCc1nc(N)n2nc(-c3ccco3)nc2n1. The Hall–Kier alpha value is -2.70. The van der Waals surface area contributed by atoms with Crippen molar-refractivity contribution in [2.75, 3.05) is 5.73 Å². The molecule has 0 amide bonds. The Morgan fingerprint density at radius 1 is 1.37 bits per heavy atom. The molecule has 0 saturated carbocycles. The molecule has 2 N–H and O–H groups in total. The predicted octanol–water partition coefficient (Wildman–Crippen LogP) is 1.48. The average Bonchev–Trinajstić information content (AvgIpc) is 3.04. The van der Waals surface area contributed by atoms with E-state index in [2.05, 4.69) is 26.6 Å². The normalized spacial score (nSPS) is 10.9. The second-order valence-corrected chi connectivity index (χ2v) is 3.95. The Kier molecular flexibility index (Phi) is 2.71. The first-order chi connectivity index (χ1) is 9.28. The van der Waals surface area contributed by atoms with E-state index in [-0.39, 0.29) is 5.95 Å².